The van der Waals surface area contributed by atoms with E-state index < -0.39 is 0 Å². The summed E-state index contributed by atoms with van der Waals surface area (Å²) in [5, 5.41) is 2.97. The third-order valence-electron chi connectivity index (χ3n) is 3.05. The molecule has 0 spiro atoms. The molecule has 5 heteroatoms. The summed E-state index contributed by atoms with van der Waals surface area (Å²) in [6.45, 7) is 7.57. The second-order valence-corrected chi connectivity index (χ2v) is 4.71. The van der Waals surface area contributed by atoms with Crippen LogP contribution in [0.5, 0.6) is 0 Å². The zero-order valence-corrected chi connectivity index (χ0v) is 11.7. The molecule has 0 fully saturated rings. The Kier molecular flexibility index (Phi) is 3.74. The Hall–Kier alpha value is -2.04. The summed E-state index contributed by atoms with van der Waals surface area (Å²) in [7, 11) is 0. The van der Waals surface area contributed by atoms with Gasteiger partial charge in [-0.3, -0.25) is 4.79 Å². The van der Waals surface area contributed by atoms with Crippen LogP contribution >= 0.6 is 0 Å². The van der Waals surface area contributed by atoms with Gasteiger partial charge in [-0.2, -0.15) is 0 Å². The fraction of sp³-hybridized carbons (Fsp3) is 0.429. The first-order valence-electron chi connectivity index (χ1n) is 6.40. The van der Waals surface area contributed by atoms with Gasteiger partial charge in [0.25, 0.3) is 5.91 Å². The van der Waals surface area contributed by atoms with Crippen molar-refractivity contribution in [3.8, 4) is 0 Å². The van der Waals surface area contributed by atoms with Gasteiger partial charge in [0.05, 0.1) is 11.6 Å². The first-order chi connectivity index (χ1) is 9.01. The second-order valence-electron chi connectivity index (χ2n) is 4.71. The highest BCUT2D eigenvalue weighted by molar-refractivity contribution is 5.95. The number of nitrogens with one attached hydrogen (secondary N) is 2. The molecule has 1 unspecified atom stereocenters. The summed E-state index contributed by atoms with van der Waals surface area (Å²) in [6.07, 6.45) is 2.53. The molecule has 1 amide bonds. The molecular weight excluding hydrogens is 242 g/mol. The average Bonchev–Trinajstić information content (AvgIpc) is 2.92. The lowest BCUT2D eigenvalue weighted by atomic mass is 10.1. The largest absolute Gasteiger partial charge is 0.466 e. The van der Waals surface area contributed by atoms with E-state index in [9.17, 15) is 4.79 Å². The minimum Gasteiger partial charge on any atom is -0.466 e. The summed E-state index contributed by atoms with van der Waals surface area (Å²) in [5.41, 5.74) is 1.57. The van der Waals surface area contributed by atoms with E-state index in [1.807, 2.05) is 20.8 Å². The van der Waals surface area contributed by atoms with E-state index in [0.717, 1.165) is 23.7 Å². The molecule has 1 atom stereocenters. The van der Waals surface area contributed by atoms with Crippen molar-refractivity contribution in [1.29, 1.82) is 0 Å². The highest BCUT2D eigenvalue weighted by Crippen LogP contribution is 2.17. The topological polar surface area (TPSA) is 70.9 Å². The number of rotatable bonds is 4. The molecule has 0 saturated heterocycles. The van der Waals surface area contributed by atoms with E-state index in [1.54, 1.807) is 19.2 Å². The van der Waals surface area contributed by atoms with Gasteiger partial charge in [0, 0.05) is 11.9 Å². The molecule has 0 radical (unpaired) electrons. The molecule has 5 nitrogen and oxygen atoms in total. The molecule has 2 heterocycles. The summed E-state index contributed by atoms with van der Waals surface area (Å²) in [5.74, 6) is 2.03. The van der Waals surface area contributed by atoms with Crippen molar-refractivity contribution in [2.45, 2.75) is 40.2 Å². The van der Waals surface area contributed by atoms with Crippen LogP contribution in [0.2, 0.25) is 0 Å². The number of aryl methyl sites for hydroxylation is 3. The van der Waals surface area contributed by atoms with Crippen LogP contribution in [-0.2, 0) is 0 Å². The highest BCUT2D eigenvalue weighted by atomic mass is 16.3. The predicted octanol–water partition coefficient (Wildman–Crippen LogP) is 2.81. The Bertz CT molecular complexity index is 583. The lowest BCUT2D eigenvalue weighted by Gasteiger charge is -2.14. The maximum atomic E-state index is 12.2. The first kappa shape index (κ1) is 13.4. The molecule has 2 aromatic rings. The van der Waals surface area contributed by atoms with Gasteiger partial charge in [-0.1, -0.05) is 6.92 Å². The fourth-order valence-corrected chi connectivity index (χ4v) is 2.07. The van der Waals surface area contributed by atoms with Crippen LogP contribution in [0.25, 0.3) is 0 Å². The van der Waals surface area contributed by atoms with E-state index in [-0.39, 0.29) is 11.9 Å². The van der Waals surface area contributed by atoms with Crippen LogP contribution in [0.4, 0.5) is 0 Å². The van der Waals surface area contributed by atoms with Gasteiger partial charge >= 0.3 is 0 Å². The molecule has 102 valence electrons. The van der Waals surface area contributed by atoms with Crippen LogP contribution in [0.3, 0.4) is 0 Å². The highest BCUT2D eigenvalue weighted by Gasteiger charge is 2.19. The summed E-state index contributed by atoms with van der Waals surface area (Å²) < 4.78 is 5.38. The van der Waals surface area contributed by atoms with Crippen molar-refractivity contribution in [3.63, 3.8) is 0 Å². The number of amides is 1. The summed E-state index contributed by atoms with van der Waals surface area (Å²) in [4.78, 5) is 19.6. The van der Waals surface area contributed by atoms with Gasteiger partial charge in [-0.25, -0.2) is 4.98 Å². The van der Waals surface area contributed by atoms with Gasteiger partial charge in [0.1, 0.15) is 17.3 Å². The first-order valence-corrected chi connectivity index (χ1v) is 6.40. The van der Waals surface area contributed by atoms with Gasteiger partial charge in [0.2, 0.25) is 0 Å². The van der Waals surface area contributed by atoms with Crippen molar-refractivity contribution < 1.29 is 9.21 Å². The van der Waals surface area contributed by atoms with Crippen molar-refractivity contribution in [2.75, 3.05) is 0 Å². The number of imidazole rings is 1. The Labute approximate surface area is 112 Å². The number of aromatic amines is 1. The van der Waals surface area contributed by atoms with Crippen molar-refractivity contribution in [1.82, 2.24) is 15.3 Å². The van der Waals surface area contributed by atoms with Gasteiger partial charge in [-0.05, 0) is 33.3 Å². The third-order valence-corrected chi connectivity index (χ3v) is 3.05. The molecule has 2 aromatic heterocycles. The number of carbonyl (C=O) groups excluding carboxylic acids is 1. The molecule has 2 rings (SSSR count). The van der Waals surface area contributed by atoms with Crippen molar-refractivity contribution in [3.05, 3.63) is 40.9 Å². The quantitative estimate of drug-likeness (QED) is 0.889. The Morgan fingerprint density at radius 3 is 2.68 bits per heavy atom. The number of hydrogen-bond acceptors (Lipinski definition) is 3. The van der Waals surface area contributed by atoms with Gasteiger partial charge in [0.15, 0.2) is 0 Å². The molecular formula is C14H19N3O2. The van der Waals surface area contributed by atoms with Crippen LogP contribution in [-0.4, -0.2) is 15.9 Å². The summed E-state index contributed by atoms with van der Waals surface area (Å²) >= 11 is 0. The number of H-pyrrole nitrogens is 1. The Morgan fingerprint density at radius 1 is 1.47 bits per heavy atom. The number of furan rings is 1. The molecule has 0 aliphatic carbocycles. The maximum Gasteiger partial charge on any atom is 0.255 e. The Morgan fingerprint density at radius 2 is 2.21 bits per heavy atom. The lowest BCUT2D eigenvalue weighted by Crippen LogP contribution is -2.29. The Balaban J connectivity index is 2.15. The number of carbonyl (C=O) groups is 1. The number of hydrogen-bond donors (Lipinski definition) is 2. The second kappa shape index (κ2) is 5.30. The predicted molar refractivity (Wildman–Crippen MR) is 72.0 cm³/mol. The zero-order chi connectivity index (χ0) is 14.0. The lowest BCUT2D eigenvalue weighted by molar-refractivity contribution is 0.0932. The SMILES string of the molecule is CCC(NC(=O)c1cc(C)oc1C)c1ncc(C)[nH]1. The average molecular weight is 261 g/mol. The molecule has 0 bridgehead atoms. The molecule has 0 aliphatic heterocycles. The van der Waals surface area contributed by atoms with E-state index in [4.69, 9.17) is 4.42 Å². The minimum atomic E-state index is -0.129. The number of aromatic nitrogens is 2. The van der Waals surface area contributed by atoms with Crippen LogP contribution in [0.15, 0.2) is 16.7 Å². The standard InChI is InChI=1S/C14H19N3O2/c1-5-12(13-15-7-8(2)16-13)17-14(18)11-6-9(3)19-10(11)4/h6-7,12H,5H2,1-4H3,(H,15,16)(H,17,18). The van der Waals surface area contributed by atoms with Crippen molar-refractivity contribution >= 4 is 5.91 Å². The molecule has 0 aromatic carbocycles. The monoisotopic (exact) mass is 261 g/mol. The normalized spacial score (nSPS) is 12.4. The molecule has 2 N–H and O–H groups in total. The van der Waals surface area contributed by atoms with Gasteiger partial charge in [-0.15, -0.1) is 0 Å². The van der Waals surface area contributed by atoms with Gasteiger partial charge < -0.3 is 14.7 Å². The van der Waals surface area contributed by atoms with Crippen LogP contribution in [0, 0.1) is 20.8 Å². The summed E-state index contributed by atoms with van der Waals surface area (Å²) in [6, 6.07) is 1.64. The van der Waals surface area contributed by atoms with E-state index >= 15 is 0 Å². The molecule has 0 aliphatic rings. The molecule has 19 heavy (non-hydrogen) atoms. The smallest absolute Gasteiger partial charge is 0.255 e. The molecule has 0 saturated carbocycles. The number of nitrogens with zero attached hydrogens (tertiary/aromatic N) is 1. The maximum absolute atomic E-state index is 12.2. The zero-order valence-electron chi connectivity index (χ0n) is 11.7. The minimum absolute atomic E-state index is 0.115. The third kappa shape index (κ3) is 2.86. The van der Waals surface area contributed by atoms with Crippen LogP contribution < -0.4 is 5.32 Å². The van der Waals surface area contributed by atoms with Crippen molar-refractivity contribution in [2.24, 2.45) is 0 Å². The van der Waals surface area contributed by atoms with E-state index in [2.05, 4.69) is 15.3 Å². The van der Waals surface area contributed by atoms with E-state index in [1.165, 1.54) is 0 Å². The fourth-order valence-electron chi connectivity index (χ4n) is 2.07. The van der Waals surface area contributed by atoms with Crippen LogP contribution in [0.1, 0.15) is 52.8 Å². The van der Waals surface area contributed by atoms with E-state index in [0.29, 0.717) is 11.3 Å².